The molecule has 1 heterocycles. The summed E-state index contributed by atoms with van der Waals surface area (Å²) in [5.41, 5.74) is 7.44. The van der Waals surface area contributed by atoms with E-state index in [1.807, 2.05) is 0 Å². The Hall–Kier alpha value is -1.36. The number of aromatic nitrogens is 1. The topological polar surface area (TPSA) is 52.0 Å². The van der Waals surface area contributed by atoms with E-state index in [2.05, 4.69) is 21.1 Å². The fourth-order valence-corrected chi connectivity index (χ4v) is 1.77. The van der Waals surface area contributed by atoms with E-state index in [1.165, 1.54) is 12.1 Å². The summed E-state index contributed by atoms with van der Waals surface area (Å²) in [5, 5.41) is 3.78. The molecule has 2 N–H and O–H groups in total. The van der Waals surface area contributed by atoms with Gasteiger partial charge in [0.25, 0.3) is 0 Å². The van der Waals surface area contributed by atoms with Gasteiger partial charge in [0.2, 0.25) is 5.88 Å². The highest BCUT2D eigenvalue weighted by atomic mass is 79.9. The van der Waals surface area contributed by atoms with Gasteiger partial charge in [-0.1, -0.05) is 21.1 Å². The van der Waals surface area contributed by atoms with E-state index < -0.39 is 0 Å². The fourth-order valence-electron chi connectivity index (χ4n) is 1.31. The summed E-state index contributed by atoms with van der Waals surface area (Å²) in [4.78, 5) is 0. The molecule has 0 amide bonds. The van der Waals surface area contributed by atoms with Crippen LogP contribution in [-0.4, -0.2) is 5.16 Å². The largest absolute Gasteiger partial charge is 0.367 e. The lowest BCUT2D eigenvalue weighted by atomic mass is 10.1. The highest BCUT2D eigenvalue weighted by molar-refractivity contribution is 9.10. The number of halogens is 2. The molecule has 0 radical (unpaired) electrons. The molecule has 0 aliphatic rings. The Morgan fingerprint density at radius 1 is 1.40 bits per heavy atom. The Kier molecular flexibility index (Phi) is 2.48. The third kappa shape index (κ3) is 1.87. The van der Waals surface area contributed by atoms with Crippen LogP contribution in [0.4, 0.5) is 10.3 Å². The Labute approximate surface area is 94.2 Å². The molecule has 15 heavy (non-hydrogen) atoms. The number of nitrogens with zero attached hydrogens (tertiary/aromatic N) is 1. The van der Waals surface area contributed by atoms with Crippen molar-refractivity contribution in [1.29, 1.82) is 0 Å². The van der Waals surface area contributed by atoms with Gasteiger partial charge in [-0.25, -0.2) is 4.39 Å². The third-order valence-corrected chi connectivity index (χ3v) is 2.55. The summed E-state index contributed by atoms with van der Waals surface area (Å²) < 4.78 is 18.6. The maximum absolute atomic E-state index is 13.1. The second-order valence-electron chi connectivity index (χ2n) is 3.18. The Morgan fingerprint density at radius 2 is 2.13 bits per heavy atom. The van der Waals surface area contributed by atoms with Gasteiger partial charge in [-0.15, -0.1) is 0 Å². The second kappa shape index (κ2) is 3.66. The summed E-state index contributed by atoms with van der Waals surface area (Å²) in [6.45, 7) is 1.78. The number of hydrogen-bond acceptors (Lipinski definition) is 3. The van der Waals surface area contributed by atoms with Crippen molar-refractivity contribution < 1.29 is 8.91 Å². The number of nitrogen functional groups attached to an aromatic ring is 1. The number of anilines is 1. The van der Waals surface area contributed by atoms with Gasteiger partial charge in [0, 0.05) is 15.6 Å². The van der Waals surface area contributed by atoms with E-state index >= 15 is 0 Å². The molecule has 0 fully saturated rings. The number of benzene rings is 1. The average Bonchev–Trinajstić information content (AvgIpc) is 2.46. The minimum absolute atomic E-state index is 0.255. The minimum atomic E-state index is -0.333. The third-order valence-electron chi connectivity index (χ3n) is 2.10. The normalized spacial score (nSPS) is 10.6. The van der Waals surface area contributed by atoms with Gasteiger partial charge in [-0.05, 0) is 25.1 Å². The second-order valence-corrected chi connectivity index (χ2v) is 4.09. The zero-order valence-corrected chi connectivity index (χ0v) is 9.51. The van der Waals surface area contributed by atoms with E-state index in [-0.39, 0.29) is 11.7 Å². The van der Waals surface area contributed by atoms with Crippen LogP contribution < -0.4 is 5.73 Å². The highest BCUT2D eigenvalue weighted by Gasteiger charge is 2.12. The number of rotatable bonds is 1. The quantitative estimate of drug-likeness (QED) is 0.866. The number of hydrogen-bond donors (Lipinski definition) is 1. The van der Waals surface area contributed by atoms with Crippen LogP contribution in [-0.2, 0) is 0 Å². The molecule has 5 heteroatoms. The van der Waals surface area contributed by atoms with E-state index in [1.54, 1.807) is 13.0 Å². The van der Waals surface area contributed by atoms with Crippen molar-refractivity contribution in [3.8, 4) is 11.3 Å². The van der Waals surface area contributed by atoms with Crippen molar-refractivity contribution >= 4 is 21.8 Å². The van der Waals surface area contributed by atoms with Crippen LogP contribution >= 0.6 is 15.9 Å². The molecule has 0 bridgehead atoms. The van der Waals surface area contributed by atoms with Crippen LogP contribution in [0.3, 0.4) is 0 Å². The molecule has 0 atom stereocenters. The monoisotopic (exact) mass is 270 g/mol. The lowest BCUT2D eigenvalue weighted by Crippen LogP contribution is -1.86. The van der Waals surface area contributed by atoms with Crippen molar-refractivity contribution in [3.63, 3.8) is 0 Å². The first-order valence-electron chi connectivity index (χ1n) is 4.26. The van der Waals surface area contributed by atoms with Gasteiger partial charge < -0.3 is 10.3 Å². The predicted molar refractivity (Wildman–Crippen MR) is 58.7 cm³/mol. The first kappa shape index (κ1) is 10.2. The Balaban J connectivity index is 2.58. The highest BCUT2D eigenvalue weighted by Crippen LogP contribution is 2.28. The lowest BCUT2D eigenvalue weighted by molar-refractivity contribution is 0.439. The first-order valence-corrected chi connectivity index (χ1v) is 5.05. The summed E-state index contributed by atoms with van der Waals surface area (Å²) in [7, 11) is 0. The molecule has 0 aliphatic carbocycles. The molecule has 1 aromatic heterocycles. The van der Waals surface area contributed by atoms with Crippen LogP contribution in [0.2, 0.25) is 0 Å². The van der Waals surface area contributed by atoms with Crippen molar-refractivity contribution in [2.24, 2.45) is 0 Å². The Bertz CT molecular complexity index is 490. The van der Waals surface area contributed by atoms with Crippen molar-refractivity contribution in [3.05, 3.63) is 34.1 Å². The van der Waals surface area contributed by atoms with Gasteiger partial charge >= 0.3 is 0 Å². The summed E-state index contributed by atoms with van der Waals surface area (Å²) >= 11 is 3.21. The zero-order valence-electron chi connectivity index (χ0n) is 7.92. The molecule has 0 saturated heterocycles. The Morgan fingerprint density at radius 3 is 2.67 bits per heavy atom. The standard InChI is InChI=1S/C10H8BrFN2O/c1-5-9(14-15-10(5)13)6-2-7(11)4-8(12)3-6/h2-4H,13H2,1H3. The molecule has 3 nitrogen and oxygen atoms in total. The van der Waals surface area contributed by atoms with Gasteiger partial charge in [0.15, 0.2) is 0 Å². The van der Waals surface area contributed by atoms with Crippen LogP contribution in [0.5, 0.6) is 0 Å². The molecule has 0 saturated carbocycles. The predicted octanol–water partition coefficient (Wildman–Crippen LogP) is 3.13. The van der Waals surface area contributed by atoms with Gasteiger partial charge in [0.05, 0.1) is 0 Å². The zero-order chi connectivity index (χ0) is 11.0. The van der Waals surface area contributed by atoms with E-state index in [0.29, 0.717) is 21.3 Å². The van der Waals surface area contributed by atoms with E-state index in [9.17, 15) is 4.39 Å². The van der Waals surface area contributed by atoms with Crippen molar-refractivity contribution in [1.82, 2.24) is 5.16 Å². The smallest absolute Gasteiger partial charge is 0.225 e. The van der Waals surface area contributed by atoms with Gasteiger partial charge in [-0.2, -0.15) is 0 Å². The molecular formula is C10H8BrFN2O. The molecule has 2 rings (SSSR count). The summed E-state index contributed by atoms with van der Waals surface area (Å²) in [6, 6.07) is 4.52. The first-order chi connectivity index (χ1) is 7.08. The maximum Gasteiger partial charge on any atom is 0.225 e. The molecule has 0 spiro atoms. The van der Waals surface area contributed by atoms with Gasteiger partial charge in [-0.3, -0.25) is 0 Å². The SMILES string of the molecule is Cc1c(-c2cc(F)cc(Br)c2)noc1N. The van der Waals surface area contributed by atoms with E-state index in [0.717, 1.165) is 0 Å². The molecule has 1 aromatic carbocycles. The van der Waals surface area contributed by atoms with E-state index in [4.69, 9.17) is 10.3 Å². The molecule has 2 aromatic rings. The summed E-state index contributed by atoms with van der Waals surface area (Å²) in [6.07, 6.45) is 0. The van der Waals surface area contributed by atoms with Crippen LogP contribution in [0, 0.1) is 12.7 Å². The molecular weight excluding hydrogens is 263 g/mol. The average molecular weight is 271 g/mol. The lowest BCUT2D eigenvalue weighted by Gasteiger charge is -1.99. The summed E-state index contributed by atoms with van der Waals surface area (Å²) in [5.74, 6) is -0.0780. The number of nitrogens with two attached hydrogens (primary N) is 1. The van der Waals surface area contributed by atoms with Gasteiger partial charge in [0.1, 0.15) is 11.5 Å². The van der Waals surface area contributed by atoms with Crippen LogP contribution in [0.25, 0.3) is 11.3 Å². The molecule has 78 valence electrons. The maximum atomic E-state index is 13.1. The molecule has 0 aliphatic heterocycles. The van der Waals surface area contributed by atoms with Crippen LogP contribution in [0.15, 0.2) is 27.2 Å². The van der Waals surface area contributed by atoms with Crippen LogP contribution in [0.1, 0.15) is 5.56 Å². The van der Waals surface area contributed by atoms with Crippen molar-refractivity contribution in [2.75, 3.05) is 5.73 Å². The fraction of sp³-hybridized carbons (Fsp3) is 0.100. The minimum Gasteiger partial charge on any atom is -0.367 e. The molecule has 0 unspecified atom stereocenters. The van der Waals surface area contributed by atoms with Crippen molar-refractivity contribution in [2.45, 2.75) is 6.92 Å².